The number of rotatable bonds is 5. The monoisotopic (exact) mass is 411 g/mol. The second-order valence-electron chi connectivity index (χ2n) is 6.22. The number of carbonyl (C=O) groups is 1. The highest BCUT2D eigenvalue weighted by Crippen LogP contribution is 2.23. The minimum absolute atomic E-state index is 0.00996. The van der Waals surface area contributed by atoms with E-state index in [1.807, 2.05) is 36.4 Å². The van der Waals surface area contributed by atoms with E-state index in [4.69, 9.17) is 16.7 Å². The molecule has 1 amide bonds. The van der Waals surface area contributed by atoms with Crippen LogP contribution in [0.1, 0.15) is 5.56 Å². The van der Waals surface area contributed by atoms with Gasteiger partial charge >= 0.3 is 6.09 Å². The lowest BCUT2D eigenvalue weighted by Crippen LogP contribution is -2.08. The van der Waals surface area contributed by atoms with Crippen molar-refractivity contribution in [2.24, 2.45) is 0 Å². The summed E-state index contributed by atoms with van der Waals surface area (Å²) >= 11 is 5.77. The summed E-state index contributed by atoms with van der Waals surface area (Å²) in [5, 5.41) is 18.6. The maximum Gasteiger partial charge on any atom is 0.411 e. The average Bonchev–Trinajstić information content (AvgIpc) is 3.09. The summed E-state index contributed by atoms with van der Waals surface area (Å²) in [6.07, 6.45) is -1.23. The number of anilines is 2. The maximum atomic E-state index is 13.9. The predicted molar refractivity (Wildman–Crippen MR) is 109 cm³/mol. The molecule has 0 radical (unpaired) electrons. The first kappa shape index (κ1) is 18.7. The number of fused-ring (bicyclic) bond motifs is 1. The first-order valence-corrected chi connectivity index (χ1v) is 9.01. The number of nitrogens with one attached hydrogen (secondary N) is 2. The van der Waals surface area contributed by atoms with Crippen molar-refractivity contribution in [2.75, 3.05) is 10.6 Å². The number of benzene rings is 2. The second-order valence-corrected chi connectivity index (χ2v) is 6.66. The van der Waals surface area contributed by atoms with E-state index >= 15 is 0 Å². The Morgan fingerprint density at radius 1 is 1.14 bits per heavy atom. The van der Waals surface area contributed by atoms with Crippen LogP contribution in [0.4, 0.5) is 20.8 Å². The summed E-state index contributed by atoms with van der Waals surface area (Å²) in [5.74, 6) is -0.395. The third-order valence-electron chi connectivity index (χ3n) is 4.24. The molecule has 146 valence electrons. The van der Waals surface area contributed by atoms with Crippen LogP contribution < -0.4 is 10.6 Å². The van der Waals surface area contributed by atoms with Gasteiger partial charge in [-0.3, -0.25) is 5.32 Å². The second kappa shape index (κ2) is 7.76. The highest BCUT2D eigenvalue weighted by Gasteiger charge is 2.10. The molecule has 0 fully saturated rings. The molecule has 0 aliphatic heterocycles. The lowest BCUT2D eigenvalue weighted by Gasteiger charge is -2.09. The topological polar surface area (TPSA) is 91.5 Å². The SMILES string of the molecule is O=C(O)Nc1nc2cccc(-c3ccc(CNc4ccc(Cl)cc4F)cc3)n2n1. The Morgan fingerprint density at radius 3 is 2.66 bits per heavy atom. The molecule has 0 aliphatic carbocycles. The standard InChI is InChI=1S/C20H15ClFN5O2/c21-14-8-9-16(15(22)10-14)23-11-12-4-6-13(7-5-12)17-2-1-3-18-24-19(25-20(28)29)26-27(17)18/h1-10,23H,11H2,(H,25,26)(H,28,29). The van der Waals surface area contributed by atoms with Gasteiger partial charge in [0.25, 0.3) is 5.95 Å². The van der Waals surface area contributed by atoms with Crippen molar-refractivity contribution >= 4 is 35.0 Å². The molecule has 0 aliphatic rings. The fourth-order valence-corrected chi connectivity index (χ4v) is 3.05. The summed E-state index contributed by atoms with van der Waals surface area (Å²) in [5.41, 5.74) is 3.50. The zero-order chi connectivity index (χ0) is 20.4. The van der Waals surface area contributed by atoms with Crippen LogP contribution in [0.15, 0.2) is 60.7 Å². The van der Waals surface area contributed by atoms with Crippen LogP contribution in [-0.2, 0) is 6.54 Å². The molecule has 0 bridgehead atoms. The van der Waals surface area contributed by atoms with Crippen molar-refractivity contribution in [3.63, 3.8) is 0 Å². The Balaban J connectivity index is 1.54. The van der Waals surface area contributed by atoms with Crippen molar-refractivity contribution in [1.82, 2.24) is 14.6 Å². The Kier molecular flexibility index (Phi) is 5.01. The summed E-state index contributed by atoms with van der Waals surface area (Å²) in [4.78, 5) is 14.9. The van der Waals surface area contributed by atoms with E-state index in [-0.39, 0.29) is 5.95 Å². The van der Waals surface area contributed by atoms with Crippen molar-refractivity contribution < 1.29 is 14.3 Å². The minimum Gasteiger partial charge on any atom is -0.465 e. The van der Waals surface area contributed by atoms with Crippen LogP contribution in [0.2, 0.25) is 5.02 Å². The van der Waals surface area contributed by atoms with E-state index in [9.17, 15) is 9.18 Å². The first-order chi connectivity index (χ1) is 14.0. The summed E-state index contributed by atoms with van der Waals surface area (Å²) in [7, 11) is 0. The Labute approximate surface area is 169 Å². The first-order valence-electron chi connectivity index (χ1n) is 8.63. The van der Waals surface area contributed by atoms with Gasteiger partial charge < -0.3 is 10.4 Å². The van der Waals surface area contributed by atoms with Crippen LogP contribution >= 0.6 is 11.6 Å². The fraction of sp³-hybridized carbons (Fsp3) is 0.0500. The highest BCUT2D eigenvalue weighted by atomic mass is 35.5. The molecule has 0 atom stereocenters. The average molecular weight is 412 g/mol. The van der Waals surface area contributed by atoms with E-state index in [0.717, 1.165) is 16.8 Å². The zero-order valence-corrected chi connectivity index (χ0v) is 15.7. The van der Waals surface area contributed by atoms with Crippen molar-refractivity contribution in [1.29, 1.82) is 0 Å². The largest absolute Gasteiger partial charge is 0.465 e. The van der Waals surface area contributed by atoms with E-state index in [1.165, 1.54) is 6.07 Å². The molecule has 9 heteroatoms. The van der Waals surface area contributed by atoms with Crippen molar-refractivity contribution in [3.8, 4) is 11.3 Å². The Bertz CT molecular complexity index is 1190. The fourth-order valence-electron chi connectivity index (χ4n) is 2.90. The van der Waals surface area contributed by atoms with Gasteiger partial charge in [0.15, 0.2) is 5.65 Å². The third kappa shape index (κ3) is 4.12. The molecule has 4 aromatic rings. The van der Waals surface area contributed by atoms with Gasteiger partial charge in [-0.25, -0.2) is 13.7 Å². The van der Waals surface area contributed by atoms with Gasteiger partial charge in [0.05, 0.1) is 11.4 Å². The number of amides is 1. The van der Waals surface area contributed by atoms with Crippen LogP contribution in [0.3, 0.4) is 0 Å². The van der Waals surface area contributed by atoms with Crippen LogP contribution in [0.5, 0.6) is 0 Å². The molecule has 0 spiro atoms. The molecular weight excluding hydrogens is 397 g/mol. The number of nitrogens with zero attached hydrogens (tertiary/aromatic N) is 3. The third-order valence-corrected chi connectivity index (χ3v) is 4.48. The quantitative estimate of drug-likeness (QED) is 0.435. The van der Waals surface area contributed by atoms with E-state index in [2.05, 4.69) is 20.7 Å². The lowest BCUT2D eigenvalue weighted by molar-refractivity contribution is 0.209. The van der Waals surface area contributed by atoms with Crippen LogP contribution in [-0.4, -0.2) is 25.8 Å². The number of pyridine rings is 1. The number of halogens is 2. The lowest BCUT2D eigenvalue weighted by atomic mass is 10.1. The van der Waals surface area contributed by atoms with Crippen LogP contribution in [0, 0.1) is 5.82 Å². The Morgan fingerprint density at radius 2 is 1.93 bits per heavy atom. The minimum atomic E-state index is -1.23. The molecule has 2 aromatic heterocycles. The van der Waals surface area contributed by atoms with Crippen molar-refractivity contribution in [3.05, 3.63) is 77.1 Å². The maximum absolute atomic E-state index is 13.9. The van der Waals surface area contributed by atoms with Crippen LogP contribution in [0.25, 0.3) is 16.9 Å². The van der Waals surface area contributed by atoms with Gasteiger partial charge in [-0.1, -0.05) is 41.9 Å². The van der Waals surface area contributed by atoms with Crippen molar-refractivity contribution in [2.45, 2.75) is 6.54 Å². The number of carboxylic acid groups (broad SMARTS) is 1. The van der Waals surface area contributed by atoms with Gasteiger partial charge in [-0.15, -0.1) is 5.10 Å². The van der Waals surface area contributed by atoms with E-state index < -0.39 is 11.9 Å². The van der Waals surface area contributed by atoms with Gasteiger partial charge in [0.2, 0.25) is 0 Å². The van der Waals surface area contributed by atoms with E-state index in [1.54, 1.807) is 22.7 Å². The molecule has 0 saturated heterocycles. The summed E-state index contributed by atoms with van der Waals surface area (Å²) in [6, 6.07) is 17.6. The highest BCUT2D eigenvalue weighted by molar-refractivity contribution is 6.30. The summed E-state index contributed by atoms with van der Waals surface area (Å²) in [6.45, 7) is 0.443. The Hall–Kier alpha value is -3.65. The molecule has 0 saturated carbocycles. The molecule has 2 heterocycles. The van der Waals surface area contributed by atoms with Gasteiger partial charge in [0.1, 0.15) is 5.82 Å². The van der Waals surface area contributed by atoms with Gasteiger partial charge in [-0.2, -0.15) is 4.98 Å². The number of aromatic nitrogens is 3. The molecule has 7 nitrogen and oxygen atoms in total. The molecule has 29 heavy (non-hydrogen) atoms. The normalized spacial score (nSPS) is 10.8. The zero-order valence-electron chi connectivity index (χ0n) is 14.9. The smallest absolute Gasteiger partial charge is 0.411 e. The molecule has 3 N–H and O–H groups in total. The number of hydrogen-bond acceptors (Lipinski definition) is 4. The molecular formula is C20H15ClFN5O2. The molecule has 4 rings (SSSR count). The molecule has 0 unspecified atom stereocenters. The predicted octanol–water partition coefficient (Wildman–Crippen LogP) is 4.89. The number of hydrogen-bond donors (Lipinski definition) is 3. The van der Waals surface area contributed by atoms with Gasteiger partial charge in [-0.05, 0) is 35.9 Å². The van der Waals surface area contributed by atoms with Gasteiger partial charge in [0, 0.05) is 17.1 Å². The van der Waals surface area contributed by atoms with E-state index in [0.29, 0.717) is 22.9 Å². The summed E-state index contributed by atoms with van der Waals surface area (Å²) < 4.78 is 15.4. The molecule has 2 aromatic carbocycles.